The van der Waals surface area contributed by atoms with Crippen molar-refractivity contribution in [2.24, 2.45) is 0 Å². The number of amides is 1. The van der Waals surface area contributed by atoms with Crippen LogP contribution < -0.4 is 10.6 Å². The van der Waals surface area contributed by atoms with Gasteiger partial charge in [0.1, 0.15) is 0 Å². The fourth-order valence-corrected chi connectivity index (χ4v) is 2.42. The molecule has 1 aromatic carbocycles. The SMILES string of the molecule is O=C(CNCCCN1CCOCC1)Nc1cccc(Cl)c1. The van der Waals surface area contributed by atoms with E-state index in [9.17, 15) is 4.79 Å². The molecule has 1 aliphatic heterocycles. The van der Waals surface area contributed by atoms with Gasteiger partial charge in [-0.25, -0.2) is 0 Å². The number of anilines is 1. The summed E-state index contributed by atoms with van der Waals surface area (Å²) in [5.74, 6) is -0.0522. The lowest BCUT2D eigenvalue weighted by Crippen LogP contribution is -2.38. The summed E-state index contributed by atoms with van der Waals surface area (Å²) in [4.78, 5) is 14.1. The number of ether oxygens (including phenoxy) is 1. The zero-order valence-corrected chi connectivity index (χ0v) is 12.9. The largest absolute Gasteiger partial charge is 0.379 e. The summed E-state index contributed by atoms with van der Waals surface area (Å²) in [7, 11) is 0. The number of hydrogen-bond donors (Lipinski definition) is 2. The van der Waals surface area contributed by atoms with Gasteiger partial charge in [-0.15, -0.1) is 0 Å². The number of benzene rings is 1. The summed E-state index contributed by atoms with van der Waals surface area (Å²) in [5, 5.41) is 6.58. The topological polar surface area (TPSA) is 53.6 Å². The molecule has 0 unspecified atom stereocenters. The minimum Gasteiger partial charge on any atom is -0.379 e. The highest BCUT2D eigenvalue weighted by atomic mass is 35.5. The molecule has 1 aromatic rings. The summed E-state index contributed by atoms with van der Waals surface area (Å²) < 4.78 is 5.30. The van der Waals surface area contributed by atoms with Crippen LogP contribution in [-0.4, -0.2) is 56.7 Å². The Labute approximate surface area is 130 Å². The quantitative estimate of drug-likeness (QED) is 0.751. The predicted molar refractivity (Wildman–Crippen MR) is 84.8 cm³/mol. The van der Waals surface area contributed by atoms with E-state index in [1.54, 1.807) is 12.1 Å². The van der Waals surface area contributed by atoms with Crippen molar-refractivity contribution >= 4 is 23.2 Å². The van der Waals surface area contributed by atoms with Crippen LogP contribution in [0, 0.1) is 0 Å². The van der Waals surface area contributed by atoms with E-state index in [0.29, 0.717) is 11.6 Å². The molecule has 1 amide bonds. The van der Waals surface area contributed by atoms with Crippen molar-refractivity contribution < 1.29 is 9.53 Å². The van der Waals surface area contributed by atoms with Gasteiger partial charge < -0.3 is 15.4 Å². The summed E-state index contributed by atoms with van der Waals surface area (Å²) in [6, 6.07) is 7.15. The molecule has 6 heteroatoms. The van der Waals surface area contributed by atoms with Gasteiger partial charge >= 0.3 is 0 Å². The molecule has 0 aromatic heterocycles. The summed E-state index contributed by atoms with van der Waals surface area (Å²) in [6.45, 7) is 5.87. The fraction of sp³-hybridized carbons (Fsp3) is 0.533. The minimum absolute atomic E-state index is 0.0522. The fourth-order valence-electron chi connectivity index (χ4n) is 2.23. The van der Waals surface area contributed by atoms with E-state index in [-0.39, 0.29) is 5.91 Å². The number of morpholine rings is 1. The van der Waals surface area contributed by atoms with Crippen molar-refractivity contribution in [2.75, 3.05) is 51.3 Å². The van der Waals surface area contributed by atoms with Gasteiger partial charge in [-0.3, -0.25) is 9.69 Å². The van der Waals surface area contributed by atoms with Crippen LogP contribution in [0.3, 0.4) is 0 Å². The van der Waals surface area contributed by atoms with Gasteiger partial charge in [-0.1, -0.05) is 17.7 Å². The highest BCUT2D eigenvalue weighted by Gasteiger charge is 2.09. The summed E-state index contributed by atoms with van der Waals surface area (Å²) >= 11 is 5.87. The molecular formula is C15H22ClN3O2. The van der Waals surface area contributed by atoms with Crippen molar-refractivity contribution in [2.45, 2.75) is 6.42 Å². The van der Waals surface area contributed by atoms with E-state index in [2.05, 4.69) is 15.5 Å². The van der Waals surface area contributed by atoms with Crippen LogP contribution in [0.4, 0.5) is 5.69 Å². The Morgan fingerprint density at radius 3 is 2.90 bits per heavy atom. The molecule has 21 heavy (non-hydrogen) atoms. The molecular weight excluding hydrogens is 290 g/mol. The maximum Gasteiger partial charge on any atom is 0.238 e. The Balaban J connectivity index is 1.54. The third-order valence-electron chi connectivity index (χ3n) is 3.33. The molecule has 2 N–H and O–H groups in total. The first-order chi connectivity index (χ1) is 10.2. The van der Waals surface area contributed by atoms with Crippen molar-refractivity contribution in [3.8, 4) is 0 Å². The first-order valence-electron chi connectivity index (χ1n) is 7.30. The molecule has 1 saturated heterocycles. The van der Waals surface area contributed by atoms with Crippen LogP contribution in [0.5, 0.6) is 0 Å². The Morgan fingerprint density at radius 1 is 1.33 bits per heavy atom. The van der Waals surface area contributed by atoms with E-state index in [0.717, 1.165) is 51.5 Å². The lowest BCUT2D eigenvalue weighted by atomic mass is 10.3. The van der Waals surface area contributed by atoms with Crippen molar-refractivity contribution in [3.05, 3.63) is 29.3 Å². The number of hydrogen-bond acceptors (Lipinski definition) is 4. The minimum atomic E-state index is -0.0522. The van der Waals surface area contributed by atoms with Gasteiger partial charge in [0.05, 0.1) is 19.8 Å². The molecule has 1 fully saturated rings. The van der Waals surface area contributed by atoms with E-state index in [1.165, 1.54) is 0 Å². The standard InChI is InChI=1S/C15H22ClN3O2/c16-13-3-1-4-14(11-13)18-15(20)12-17-5-2-6-19-7-9-21-10-8-19/h1,3-4,11,17H,2,5-10,12H2,(H,18,20). The van der Waals surface area contributed by atoms with Gasteiger partial charge in [0.2, 0.25) is 5.91 Å². The smallest absolute Gasteiger partial charge is 0.238 e. The average Bonchev–Trinajstić information content (AvgIpc) is 2.48. The number of rotatable bonds is 7. The van der Waals surface area contributed by atoms with Crippen LogP contribution in [0.15, 0.2) is 24.3 Å². The Morgan fingerprint density at radius 2 is 2.14 bits per heavy atom. The summed E-state index contributed by atoms with van der Waals surface area (Å²) in [6.07, 6.45) is 1.03. The van der Waals surface area contributed by atoms with Gasteiger partial charge in [0.15, 0.2) is 0 Å². The molecule has 1 aliphatic rings. The number of halogens is 1. The van der Waals surface area contributed by atoms with Crippen molar-refractivity contribution in [1.82, 2.24) is 10.2 Å². The maximum atomic E-state index is 11.7. The molecule has 116 valence electrons. The van der Waals surface area contributed by atoms with Gasteiger partial charge in [-0.05, 0) is 37.7 Å². The molecule has 0 aliphatic carbocycles. The van der Waals surface area contributed by atoms with Crippen LogP contribution in [0.1, 0.15) is 6.42 Å². The Hall–Kier alpha value is -1.14. The second-order valence-corrected chi connectivity index (χ2v) is 5.48. The van der Waals surface area contributed by atoms with Crippen LogP contribution >= 0.6 is 11.6 Å². The van der Waals surface area contributed by atoms with Crippen LogP contribution in [0.2, 0.25) is 5.02 Å². The zero-order chi connectivity index (χ0) is 14.9. The Bertz CT molecular complexity index is 450. The molecule has 0 radical (unpaired) electrons. The lowest BCUT2D eigenvalue weighted by molar-refractivity contribution is -0.115. The lowest BCUT2D eigenvalue weighted by Gasteiger charge is -2.26. The molecule has 2 rings (SSSR count). The average molecular weight is 312 g/mol. The second kappa shape index (κ2) is 9.00. The predicted octanol–water partition coefficient (Wildman–Crippen LogP) is 1.59. The Kier molecular flexibility index (Phi) is 6.95. The molecule has 1 heterocycles. The van der Waals surface area contributed by atoms with E-state index < -0.39 is 0 Å². The highest BCUT2D eigenvalue weighted by Crippen LogP contribution is 2.14. The first-order valence-corrected chi connectivity index (χ1v) is 7.68. The number of nitrogens with zero attached hydrogens (tertiary/aromatic N) is 1. The van der Waals surface area contributed by atoms with E-state index >= 15 is 0 Å². The highest BCUT2D eigenvalue weighted by molar-refractivity contribution is 6.30. The molecule has 5 nitrogen and oxygen atoms in total. The van der Waals surface area contributed by atoms with Gasteiger partial charge in [-0.2, -0.15) is 0 Å². The van der Waals surface area contributed by atoms with Crippen molar-refractivity contribution in [1.29, 1.82) is 0 Å². The van der Waals surface area contributed by atoms with Crippen LogP contribution in [-0.2, 0) is 9.53 Å². The van der Waals surface area contributed by atoms with E-state index in [4.69, 9.17) is 16.3 Å². The maximum absolute atomic E-state index is 11.7. The summed E-state index contributed by atoms with van der Waals surface area (Å²) in [5.41, 5.74) is 0.725. The normalized spacial score (nSPS) is 15.9. The number of nitrogens with one attached hydrogen (secondary N) is 2. The number of carbonyl (C=O) groups excluding carboxylic acids is 1. The van der Waals surface area contributed by atoms with E-state index in [1.807, 2.05) is 12.1 Å². The third kappa shape index (κ3) is 6.44. The monoisotopic (exact) mass is 311 g/mol. The third-order valence-corrected chi connectivity index (χ3v) is 3.56. The molecule has 0 bridgehead atoms. The van der Waals surface area contributed by atoms with Gasteiger partial charge in [0, 0.05) is 23.8 Å². The zero-order valence-electron chi connectivity index (χ0n) is 12.1. The number of carbonyl (C=O) groups is 1. The second-order valence-electron chi connectivity index (χ2n) is 5.04. The molecule has 0 atom stereocenters. The molecule has 0 spiro atoms. The first kappa shape index (κ1) is 16.2. The van der Waals surface area contributed by atoms with Gasteiger partial charge in [0.25, 0.3) is 0 Å². The van der Waals surface area contributed by atoms with Crippen molar-refractivity contribution in [3.63, 3.8) is 0 Å². The molecule has 0 saturated carbocycles. The van der Waals surface area contributed by atoms with Crippen LogP contribution in [0.25, 0.3) is 0 Å².